The zero-order chi connectivity index (χ0) is 15.4. The predicted octanol–water partition coefficient (Wildman–Crippen LogP) is 3.23. The Morgan fingerprint density at radius 3 is 2.71 bits per heavy atom. The molecule has 0 bridgehead atoms. The van der Waals surface area contributed by atoms with Gasteiger partial charge >= 0.3 is 6.61 Å². The summed E-state index contributed by atoms with van der Waals surface area (Å²) in [5, 5.41) is 4.08. The number of carbonyl (C=O) groups excluding carboxylic acids is 1. The van der Waals surface area contributed by atoms with Crippen LogP contribution in [-0.2, 0) is 7.05 Å². The number of nitrogens with zero attached hydrogens (tertiary/aromatic N) is 2. The van der Waals surface area contributed by atoms with E-state index in [1.54, 1.807) is 43.0 Å². The maximum Gasteiger partial charge on any atom is 0.387 e. The number of halogens is 2. The fourth-order valence-corrected chi connectivity index (χ4v) is 1.92. The molecule has 0 atom stereocenters. The minimum Gasteiger partial charge on any atom is -0.434 e. The number of carbonyl (C=O) groups is 1. The largest absolute Gasteiger partial charge is 0.434 e. The number of alkyl halides is 2. The molecule has 0 aliphatic rings. The first kappa shape index (κ1) is 14.9. The highest BCUT2D eigenvalue weighted by Gasteiger charge is 2.11. The third kappa shape index (κ3) is 3.75. The predicted molar refractivity (Wildman–Crippen MR) is 74.4 cm³/mol. The molecule has 0 saturated heterocycles. The Morgan fingerprint density at radius 1 is 1.38 bits per heavy atom. The summed E-state index contributed by atoms with van der Waals surface area (Å²) in [6.45, 7) is -1.18. The van der Waals surface area contributed by atoms with Gasteiger partial charge in [-0.15, -0.1) is 0 Å². The minimum absolute atomic E-state index is 0.0273. The number of aryl methyl sites for hydroxylation is 2. The van der Waals surface area contributed by atoms with E-state index in [9.17, 15) is 13.6 Å². The van der Waals surface area contributed by atoms with E-state index in [2.05, 4.69) is 9.84 Å². The first-order chi connectivity index (χ1) is 9.97. The van der Waals surface area contributed by atoms with Crippen LogP contribution in [0.5, 0.6) is 5.75 Å². The van der Waals surface area contributed by atoms with E-state index in [1.807, 2.05) is 0 Å². The van der Waals surface area contributed by atoms with Crippen LogP contribution in [0.2, 0.25) is 0 Å². The number of ketones is 1. The van der Waals surface area contributed by atoms with Crippen LogP contribution in [0.4, 0.5) is 8.78 Å². The van der Waals surface area contributed by atoms with Crippen molar-refractivity contribution >= 4 is 11.9 Å². The second-order valence-corrected chi connectivity index (χ2v) is 4.42. The fraction of sp³-hybridized carbons (Fsp3) is 0.200. The summed E-state index contributed by atoms with van der Waals surface area (Å²) < 4.78 is 30.5. The summed E-state index contributed by atoms with van der Waals surface area (Å²) in [6, 6.07) is 6.28. The third-order valence-corrected chi connectivity index (χ3v) is 2.83. The highest BCUT2D eigenvalue weighted by Crippen LogP contribution is 2.22. The standard InChI is InChI=1S/C15H14F2N2O2/c1-10-12(9-19(2)18-10)13(20)8-7-11-5-3-4-6-14(11)21-15(16)17/h3-9,15H,1-2H3/b8-7-. The second kappa shape index (κ2) is 6.30. The van der Waals surface area contributed by atoms with Gasteiger partial charge in [0.1, 0.15) is 5.75 Å². The number of ether oxygens (including phenoxy) is 1. The SMILES string of the molecule is Cc1nn(C)cc1C(=O)/C=C\c1ccccc1OC(F)F. The van der Waals surface area contributed by atoms with Crippen LogP contribution in [0.25, 0.3) is 6.08 Å². The molecule has 0 aliphatic carbocycles. The van der Waals surface area contributed by atoms with Crippen LogP contribution in [0, 0.1) is 6.92 Å². The van der Waals surface area contributed by atoms with Gasteiger partial charge in [-0.3, -0.25) is 9.48 Å². The molecule has 110 valence electrons. The van der Waals surface area contributed by atoms with Crippen molar-refractivity contribution in [3.05, 3.63) is 53.4 Å². The number of benzene rings is 1. The number of rotatable bonds is 5. The van der Waals surface area contributed by atoms with Crippen LogP contribution in [0.3, 0.4) is 0 Å². The van der Waals surface area contributed by atoms with Crippen LogP contribution >= 0.6 is 0 Å². The van der Waals surface area contributed by atoms with Gasteiger partial charge in [0.2, 0.25) is 0 Å². The van der Waals surface area contributed by atoms with E-state index in [1.165, 1.54) is 18.2 Å². The molecule has 2 aromatic rings. The molecule has 6 heteroatoms. The van der Waals surface area contributed by atoms with E-state index in [4.69, 9.17) is 0 Å². The molecular weight excluding hydrogens is 278 g/mol. The molecule has 0 amide bonds. The van der Waals surface area contributed by atoms with E-state index in [0.29, 0.717) is 16.8 Å². The summed E-state index contributed by atoms with van der Waals surface area (Å²) in [5.74, 6) is -0.216. The van der Waals surface area contributed by atoms with Gasteiger partial charge in [-0.05, 0) is 25.1 Å². The van der Waals surface area contributed by atoms with Gasteiger partial charge in [0.25, 0.3) is 0 Å². The van der Waals surface area contributed by atoms with Crippen molar-refractivity contribution in [1.82, 2.24) is 9.78 Å². The number of para-hydroxylation sites is 1. The van der Waals surface area contributed by atoms with E-state index in [0.717, 1.165) is 0 Å². The van der Waals surface area contributed by atoms with Gasteiger partial charge < -0.3 is 4.74 Å². The molecule has 2 rings (SSSR count). The number of allylic oxidation sites excluding steroid dienone is 1. The Bertz CT molecular complexity index is 678. The monoisotopic (exact) mass is 292 g/mol. The van der Waals surface area contributed by atoms with Gasteiger partial charge in [-0.2, -0.15) is 13.9 Å². The molecule has 0 fully saturated rings. The molecule has 1 aromatic carbocycles. The number of hydrogen-bond donors (Lipinski definition) is 0. The summed E-state index contributed by atoms with van der Waals surface area (Å²) in [5.41, 5.74) is 1.50. The lowest BCUT2D eigenvalue weighted by Gasteiger charge is -2.07. The summed E-state index contributed by atoms with van der Waals surface area (Å²) >= 11 is 0. The van der Waals surface area contributed by atoms with Crippen molar-refractivity contribution in [2.75, 3.05) is 0 Å². The summed E-state index contributed by atoms with van der Waals surface area (Å²) in [4.78, 5) is 12.1. The Hall–Kier alpha value is -2.50. The van der Waals surface area contributed by atoms with Crippen molar-refractivity contribution in [1.29, 1.82) is 0 Å². The molecule has 1 aromatic heterocycles. The molecular formula is C15H14F2N2O2. The first-order valence-electron chi connectivity index (χ1n) is 6.24. The Kier molecular flexibility index (Phi) is 4.47. The van der Waals surface area contributed by atoms with E-state index in [-0.39, 0.29) is 11.5 Å². The van der Waals surface area contributed by atoms with Gasteiger partial charge in [-0.1, -0.05) is 18.2 Å². The second-order valence-electron chi connectivity index (χ2n) is 4.42. The maximum absolute atomic E-state index is 12.3. The molecule has 4 nitrogen and oxygen atoms in total. The lowest BCUT2D eigenvalue weighted by Crippen LogP contribution is -2.03. The van der Waals surface area contributed by atoms with Crippen molar-refractivity contribution in [3.8, 4) is 5.75 Å². The van der Waals surface area contributed by atoms with E-state index < -0.39 is 6.61 Å². The quantitative estimate of drug-likeness (QED) is 0.628. The Labute approximate surface area is 120 Å². The molecule has 0 aliphatic heterocycles. The highest BCUT2D eigenvalue weighted by molar-refractivity contribution is 6.07. The van der Waals surface area contributed by atoms with Crippen LogP contribution < -0.4 is 4.74 Å². The van der Waals surface area contributed by atoms with Crippen molar-refractivity contribution in [3.63, 3.8) is 0 Å². The first-order valence-corrected chi connectivity index (χ1v) is 6.24. The van der Waals surface area contributed by atoms with Crippen molar-refractivity contribution in [2.45, 2.75) is 13.5 Å². The topological polar surface area (TPSA) is 44.1 Å². The lowest BCUT2D eigenvalue weighted by atomic mass is 10.1. The van der Waals surface area contributed by atoms with Crippen LogP contribution in [0.15, 0.2) is 36.5 Å². The molecule has 0 spiro atoms. The fourth-order valence-electron chi connectivity index (χ4n) is 1.92. The molecule has 21 heavy (non-hydrogen) atoms. The lowest BCUT2D eigenvalue weighted by molar-refractivity contribution is -0.0499. The van der Waals surface area contributed by atoms with Crippen molar-refractivity contribution in [2.24, 2.45) is 7.05 Å². The highest BCUT2D eigenvalue weighted by atomic mass is 19.3. The molecule has 0 radical (unpaired) electrons. The average Bonchev–Trinajstić information content (AvgIpc) is 2.76. The average molecular weight is 292 g/mol. The number of aromatic nitrogens is 2. The zero-order valence-corrected chi connectivity index (χ0v) is 11.6. The maximum atomic E-state index is 12.3. The zero-order valence-electron chi connectivity index (χ0n) is 11.6. The molecule has 0 saturated carbocycles. The molecule has 1 heterocycles. The van der Waals surface area contributed by atoms with Gasteiger partial charge in [0, 0.05) is 18.8 Å². The van der Waals surface area contributed by atoms with Gasteiger partial charge in [0.15, 0.2) is 5.78 Å². The summed E-state index contributed by atoms with van der Waals surface area (Å²) in [6.07, 6.45) is 4.38. The van der Waals surface area contributed by atoms with E-state index >= 15 is 0 Å². The van der Waals surface area contributed by atoms with Crippen LogP contribution in [-0.4, -0.2) is 22.2 Å². The van der Waals surface area contributed by atoms with Gasteiger partial charge in [-0.25, -0.2) is 0 Å². The normalized spacial score (nSPS) is 11.3. The summed E-state index contributed by atoms with van der Waals surface area (Å²) in [7, 11) is 1.72. The minimum atomic E-state index is -2.91. The van der Waals surface area contributed by atoms with Crippen LogP contribution in [0.1, 0.15) is 21.6 Å². The number of hydrogen-bond acceptors (Lipinski definition) is 3. The Morgan fingerprint density at radius 2 is 2.10 bits per heavy atom. The molecule has 0 unspecified atom stereocenters. The Balaban J connectivity index is 2.21. The van der Waals surface area contributed by atoms with Crippen molar-refractivity contribution < 1.29 is 18.3 Å². The molecule has 0 N–H and O–H groups in total. The third-order valence-electron chi connectivity index (χ3n) is 2.83. The smallest absolute Gasteiger partial charge is 0.387 e. The van der Waals surface area contributed by atoms with Gasteiger partial charge in [0.05, 0.1) is 11.3 Å².